The van der Waals surface area contributed by atoms with Crippen LogP contribution in [0.25, 0.3) is 0 Å². The number of benzene rings is 1. The van der Waals surface area contributed by atoms with E-state index in [9.17, 15) is 4.79 Å². The molecular formula is C22H30ClN5O2. The molecule has 162 valence electrons. The number of rotatable bonds is 6. The summed E-state index contributed by atoms with van der Waals surface area (Å²) in [6, 6.07) is 5.60. The minimum Gasteiger partial charge on any atom is -0.379 e. The Bertz CT molecular complexity index is 872. The Kier molecular flexibility index (Phi) is 7.39. The second kappa shape index (κ2) is 10.00. The van der Waals surface area contributed by atoms with E-state index in [1.54, 1.807) is 12.1 Å². The molecule has 1 amide bonds. The van der Waals surface area contributed by atoms with Crippen LogP contribution < -0.4 is 16.8 Å². The fraction of sp³-hybridized carbons (Fsp3) is 0.455. The van der Waals surface area contributed by atoms with E-state index in [1.165, 1.54) is 0 Å². The molecule has 2 fully saturated rings. The van der Waals surface area contributed by atoms with Crippen LogP contribution in [0.3, 0.4) is 0 Å². The van der Waals surface area contributed by atoms with Gasteiger partial charge in [0.2, 0.25) is 0 Å². The third-order valence-corrected chi connectivity index (χ3v) is 5.50. The first-order valence-corrected chi connectivity index (χ1v) is 10.7. The van der Waals surface area contributed by atoms with Gasteiger partial charge >= 0.3 is 0 Å². The van der Waals surface area contributed by atoms with Crippen LogP contribution in [-0.2, 0) is 4.74 Å². The fourth-order valence-corrected chi connectivity index (χ4v) is 3.81. The lowest BCUT2D eigenvalue weighted by Gasteiger charge is -2.33. The lowest BCUT2D eigenvalue weighted by Crippen LogP contribution is -2.31. The predicted molar refractivity (Wildman–Crippen MR) is 120 cm³/mol. The number of hydrogen-bond donors (Lipinski definition) is 3. The fourth-order valence-electron chi connectivity index (χ4n) is 3.56. The Morgan fingerprint density at radius 2 is 2.13 bits per heavy atom. The second-order valence-electron chi connectivity index (χ2n) is 7.66. The topological polar surface area (TPSA) is 106 Å². The summed E-state index contributed by atoms with van der Waals surface area (Å²) in [7, 11) is 0. The number of ether oxygens (including phenoxy) is 1. The zero-order valence-corrected chi connectivity index (χ0v) is 18.3. The van der Waals surface area contributed by atoms with E-state index in [1.807, 2.05) is 32.1 Å². The van der Waals surface area contributed by atoms with Crippen molar-refractivity contribution in [1.82, 2.24) is 10.2 Å². The lowest BCUT2D eigenvalue weighted by molar-refractivity contribution is 0.0949. The molecule has 1 unspecified atom stereocenters. The van der Waals surface area contributed by atoms with E-state index in [2.05, 4.69) is 15.2 Å². The monoisotopic (exact) mass is 431 g/mol. The first-order chi connectivity index (χ1) is 14.4. The van der Waals surface area contributed by atoms with Gasteiger partial charge in [-0.05, 0) is 62.9 Å². The summed E-state index contributed by atoms with van der Waals surface area (Å²) in [4.78, 5) is 18.9. The number of guanidine groups is 1. The van der Waals surface area contributed by atoms with E-state index in [0.717, 1.165) is 37.1 Å². The van der Waals surface area contributed by atoms with Gasteiger partial charge in [0.25, 0.3) is 5.91 Å². The molecule has 1 saturated carbocycles. The number of amides is 1. The summed E-state index contributed by atoms with van der Waals surface area (Å²) < 4.78 is 5.87. The molecule has 8 heteroatoms. The summed E-state index contributed by atoms with van der Waals surface area (Å²) in [6.07, 6.45) is 6.92. The minimum absolute atomic E-state index is 0.0207. The number of hydrogen-bond acceptors (Lipinski definition) is 4. The molecular weight excluding hydrogens is 402 g/mol. The van der Waals surface area contributed by atoms with Crippen LogP contribution in [0.15, 0.2) is 46.7 Å². The van der Waals surface area contributed by atoms with Crippen molar-refractivity contribution in [2.24, 2.45) is 16.5 Å². The number of nitrogens with two attached hydrogens (primary N) is 2. The van der Waals surface area contributed by atoms with Gasteiger partial charge in [-0.15, -0.1) is 0 Å². The predicted octanol–water partition coefficient (Wildman–Crippen LogP) is 3.08. The summed E-state index contributed by atoms with van der Waals surface area (Å²) in [5.74, 6) is -0.0429. The highest BCUT2D eigenvalue weighted by atomic mass is 35.5. The van der Waals surface area contributed by atoms with Gasteiger partial charge < -0.3 is 26.4 Å². The first kappa shape index (κ1) is 22.2. The van der Waals surface area contributed by atoms with Crippen molar-refractivity contribution in [3.63, 3.8) is 0 Å². The average Bonchev–Trinajstić information content (AvgIpc) is 3.52. The molecule has 3 rings (SSSR count). The smallest absolute Gasteiger partial charge is 0.251 e. The van der Waals surface area contributed by atoms with E-state index in [0.29, 0.717) is 35.5 Å². The molecule has 30 heavy (non-hydrogen) atoms. The highest BCUT2D eigenvalue weighted by Gasteiger charge is 2.28. The van der Waals surface area contributed by atoms with Crippen LogP contribution in [-0.4, -0.2) is 42.6 Å². The van der Waals surface area contributed by atoms with Crippen molar-refractivity contribution in [1.29, 1.82) is 0 Å². The normalized spacial score (nSPS) is 20.5. The van der Waals surface area contributed by atoms with E-state index in [4.69, 9.17) is 27.8 Å². The summed E-state index contributed by atoms with van der Waals surface area (Å²) in [6.45, 7) is 5.74. The minimum atomic E-state index is -0.136. The van der Waals surface area contributed by atoms with Crippen molar-refractivity contribution in [3.05, 3.63) is 57.9 Å². The molecule has 1 aromatic rings. The molecule has 1 atom stereocenters. The van der Waals surface area contributed by atoms with E-state index >= 15 is 0 Å². The first-order valence-electron chi connectivity index (χ1n) is 10.3. The molecule has 0 spiro atoms. The molecule has 1 aliphatic carbocycles. The summed E-state index contributed by atoms with van der Waals surface area (Å²) >= 11 is 6.59. The van der Waals surface area contributed by atoms with Crippen LogP contribution >= 0.6 is 11.6 Å². The molecule has 1 heterocycles. The Hall–Kier alpha value is -2.51. The number of carbonyl (C=O) groups is 1. The van der Waals surface area contributed by atoms with Crippen molar-refractivity contribution in [3.8, 4) is 0 Å². The number of nitrogens with one attached hydrogen (secondary N) is 1. The van der Waals surface area contributed by atoms with Gasteiger partial charge in [0.15, 0.2) is 5.96 Å². The Morgan fingerprint density at radius 1 is 1.37 bits per heavy atom. The largest absolute Gasteiger partial charge is 0.379 e. The van der Waals surface area contributed by atoms with E-state index in [-0.39, 0.29) is 17.9 Å². The lowest BCUT2D eigenvalue weighted by atomic mass is 10.0. The van der Waals surface area contributed by atoms with Gasteiger partial charge in [-0.25, -0.2) is 4.99 Å². The number of aliphatic imine (C=N–C) groups is 1. The van der Waals surface area contributed by atoms with Gasteiger partial charge in [-0.1, -0.05) is 17.7 Å². The second-order valence-corrected chi connectivity index (χ2v) is 8.06. The zero-order valence-electron chi connectivity index (χ0n) is 17.5. The highest BCUT2D eigenvalue weighted by molar-refractivity contribution is 6.31. The Morgan fingerprint density at radius 3 is 2.80 bits per heavy atom. The van der Waals surface area contributed by atoms with E-state index < -0.39 is 0 Å². The van der Waals surface area contributed by atoms with Crippen molar-refractivity contribution < 1.29 is 9.53 Å². The summed E-state index contributed by atoms with van der Waals surface area (Å²) in [5, 5.41) is 3.65. The molecule has 0 aromatic heterocycles. The standard InChI is InChI=1S/C22H30ClN5O2/c1-3-17(11-14(2)26-22(24)25)28-9-4-10-30-13-20(28)18-12-15(5-8-19(18)23)21(29)27-16-6-7-16/h3,5,8,11-12,16,20H,4,6-7,9-10,13H2,1-2H3,(H,27,29)(H4,24,25,26)/b14-11-,17-3+. The van der Waals surface area contributed by atoms with Gasteiger partial charge in [-0.3, -0.25) is 4.79 Å². The van der Waals surface area contributed by atoms with Crippen molar-refractivity contribution >= 4 is 23.5 Å². The number of nitrogens with zero attached hydrogens (tertiary/aromatic N) is 2. The third-order valence-electron chi connectivity index (χ3n) is 5.16. The highest BCUT2D eigenvalue weighted by Crippen LogP contribution is 2.34. The van der Waals surface area contributed by atoms with Crippen LogP contribution in [0.4, 0.5) is 0 Å². The Labute approximate surface area is 182 Å². The molecule has 7 nitrogen and oxygen atoms in total. The van der Waals surface area contributed by atoms with Crippen LogP contribution in [0.5, 0.6) is 0 Å². The number of allylic oxidation sites excluding steroid dienone is 3. The van der Waals surface area contributed by atoms with Crippen molar-refractivity contribution in [2.75, 3.05) is 19.8 Å². The maximum Gasteiger partial charge on any atom is 0.251 e. The quantitative estimate of drug-likeness (QED) is 0.364. The number of halogens is 1. The molecule has 0 radical (unpaired) electrons. The van der Waals surface area contributed by atoms with Crippen LogP contribution in [0.2, 0.25) is 5.02 Å². The third kappa shape index (κ3) is 5.77. The molecule has 1 saturated heterocycles. The SMILES string of the molecule is C/C=C(\C=C(\C)N=C(N)N)N1CCCOCC1c1cc(C(=O)NC2CC2)ccc1Cl. The van der Waals surface area contributed by atoms with Gasteiger partial charge in [-0.2, -0.15) is 0 Å². The van der Waals surface area contributed by atoms with Crippen LogP contribution in [0.1, 0.15) is 55.1 Å². The molecule has 1 aromatic carbocycles. The Balaban J connectivity index is 1.94. The maximum atomic E-state index is 12.6. The molecule has 5 N–H and O–H groups in total. The van der Waals surface area contributed by atoms with Gasteiger partial charge in [0, 0.05) is 41.2 Å². The molecule has 0 bridgehead atoms. The average molecular weight is 432 g/mol. The number of carbonyl (C=O) groups excluding carboxylic acids is 1. The molecule has 2 aliphatic rings. The van der Waals surface area contributed by atoms with Crippen LogP contribution in [0, 0.1) is 0 Å². The summed E-state index contributed by atoms with van der Waals surface area (Å²) in [5.41, 5.74) is 14.2. The van der Waals surface area contributed by atoms with Crippen molar-refractivity contribution in [2.45, 2.75) is 45.2 Å². The maximum absolute atomic E-state index is 12.6. The molecule has 1 aliphatic heterocycles. The van der Waals surface area contributed by atoms with Gasteiger partial charge in [0.05, 0.1) is 12.6 Å². The van der Waals surface area contributed by atoms with Gasteiger partial charge in [0.1, 0.15) is 0 Å². The zero-order chi connectivity index (χ0) is 21.7.